The third-order valence-electron chi connectivity index (χ3n) is 2.77. The van der Waals surface area contributed by atoms with Crippen LogP contribution in [0, 0.1) is 0 Å². The van der Waals surface area contributed by atoms with Crippen molar-refractivity contribution in [2.24, 2.45) is 5.73 Å². The Bertz CT molecular complexity index is 663. The average Bonchev–Trinajstić information content (AvgIpc) is 2.54. The van der Waals surface area contributed by atoms with Crippen molar-refractivity contribution in [3.05, 3.63) is 48.3 Å². The highest BCUT2D eigenvalue weighted by molar-refractivity contribution is 5.75. The Kier molecular flexibility index (Phi) is 5.69. The molecule has 1 heterocycles. The second kappa shape index (κ2) is 7.73. The van der Waals surface area contributed by atoms with E-state index in [2.05, 4.69) is 14.7 Å². The summed E-state index contributed by atoms with van der Waals surface area (Å²) in [6.45, 7) is -1.67. The van der Waals surface area contributed by atoms with E-state index in [0.29, 0.717) is 11.3 Å². The number of halogens is 3. The van der Waals surface area contributed by atoms with Crippen LogP contribution in [0.1, 0.15) is 5.56 Å². The molecule has 24 heavy (non-hydrogen) atoms. The molecule has 0 saturated heterocycles. The molecule has 0 radical (unpaired) electrons. The number of rotatable bonds is 6. The van der Waals surface area contributed by atoms with Gasteiger partial charge in [0.25, 0.3) is 0 Å². The number of hydrogen-bond acceptors (Lipinski definition) is 6. The molecule has 128 valence electrons. The predicted molar refractivity (Wildman–Crippen MR) is 77.2 cm³/mol. The van der Waals surface area contributed by atoms with Crippen LogP contribution >= 0.6 is 0 Å². The SMILES string of the molecule is N[C@@H](Cc1cnc(Oc2ccccc2)nc1)C(=O)OCC(F)(F)F. The number of nitrogens with zero attached hydrogens (tertiary/aromatic N) is 2. The standard InChI is InChI=1S/C15H14F3N3O3/c16-15(17,18)9-23-13(22)12(19)6-10-7-20-14(21-8-10)24-11-4-2-1-3-5-11/h1-5,7-8,12H,6,9,19H2/t12-/m0/s1. The van der Waals surface area contributed by atoms with Crippen LogP contribution in [0.2, 0.25) is 0 Å². The van der Waals surface area contributed by atoms with Crippen LogP contribution in [0.5, 0.6) is 11.8 Å². The minimum atomic E-state index is -4.59. The van der Waals surface area contributed by atoms with Gasteiger partial charge < -0.3 is 15.2 Å². The molecule has 9 heteroatoms. The van der Waals surface area contributed by atoms with Crippen LogP contribution in [0.15, 0.2) is 42.7 Å². The van der Waals surface area contributed by atoms with Gasteiger partial charge in [-0.05, 0) is 17.7 Å². The molecule has 0 fully saturated rings. The van der Waals surface area contributed by atoms with Gasteiger partial charge in [-0.25, -0.2) is 9.97 Å². The zero-order chi connectivity index (χ0) is 17.6. The number of carbonyl (C=O) groups is 1. The molecule has 2 rings (SSSR count). The van der Waals surface area contributed by atoms with Crippen molar-refractivity contribution in [3.8, 4) is 11.8 Å². The van der Waals surface area contributed by atoms with Crippen LogP contribution in [-0.4, -0.2) is 34.8 Å². The van der Waals surface area contributed by atoms with E-state index in [-0.39, 0.29) is 12.4 Å². The molecule has 0 saturated carbocycles. The molecular weight excluding hydrogens is 327 g/mol. The number of carbonyl (C=O) groups excluding carboxylic acids is 1. The summed E-state index contributed by atoms with van der Waals surface area (Å²) < 4.78 is 45.4. The lowest BCUT2D eigenvalue weighted by atomic mass is 10.1. The first-order valence-electron chi connectivity index (χ1n) is 6.86. The number of aromatic nitrogens is 2. The predicted octanol–water partition coefficient (Wildman–Crippen LogP) is 2.24. The van der Waals surface area contributed by atoms with E-state index in [0.717, 1.165) is 0 Å². The minimum absolute atomic E-state index is 0.0533. The smallest absolute Gasteiger partial charge is 0.422 e. The van der Waals surface area contributed by atoms with Gasteiger partial charge in [0.1, 0.15) is 11.8 Å². The number of ether oxygens (including phenoxy) is 2. The summed E-state index contributed by atoms with van der Waals surface area (Å²) in [6.07, 6.45) is -1.89. The molecule has 2 N–H and O–H groups in total. The van der Waals surface area contributed by atoms with Crippen molar-refractivity contribution in [2.45, 2.75) is 18.6 Å². The quantitative estimate of drug-likeness (QED) is 0.811. The summed E-state index contributed by atoms with van der Waals surface area (Å²) in [5.74, 6) is -0.588. The third kappa shape index (κ3) is 5.84. The zero-order valence-electron chi connectivity index (χ0n) is 12.4. The van der Waals surface area contributed by atoms with Crippen LogP contribution < -0.4 is 10.5 Å². The van der Waals surface area contributed by atoms with E-state index in [1.54, 1.807) is 24.3 Å². The minimum Gasteiger partial charge on any atom is -0.455 e. The lowest BCUT2D eigenvalue weighted by molar-refractivity contribution is -0.187. The first kappa shape index (κ1) is 17.7. The summed E-state index contributed by atoms with van der Waals surface area (Å²) >= 11 is 0. The first-order chi connectivity index (χ1) is 11.3. The summed E-state index contributed by atoms with van der Waals surface area (Å²) in [4.78, 5) is 19.3. The second-order valence-corrected chi connectivity index (χ2v) is 4.82. The second-order valence-electron chi connectivity index (χ2n) is 4.82. The lowest BCUT2D eigenvalue weighted by Crippen LogP contribution is -2.36. The van der Waals surface area contributed by atoms with E-state index >= 15 is 0 Å². The molecule has 2 aromatic rings. The summed E-state index contributed by atoms with van der Waals surface area (Å²) in [7, 11) is 0. The third-order valence-corrected chi connectivity index (χ3v) is 2.77. The molecule has 6 nitrogen and oxygen atoms in total. The van der Waals surface area contributed by atoms with E-state index in [9.17, 15) is 18.0 Å². The maximum atomic E-state index is 12.0. The number of esters is 1. The van der Waals surface area contributed by atoms with Gasteiger partial charge in [0.15, 0.2) is 6.61 Å². The van der Waals surface area contributed by atoms with Gasteiger partial charge in [-0.1, -0.05) is 18.2 Å². The van der Waals surface area contributed by atoms with Gasteiger partial charge in [0.2, 0.25) is 0 Å². The Morgan fingerprint density at radius 3 is 2.38 bits per heavy atom. The van der Waals surface area contributed by atoms with Gasteiger partial charge in [-0.2, -0.15) is 13.2 Å². The van der Waals surface area contributed by atoms with Gasteiger partial charge >= 0.3 is 18.2 Å². The Morgan fingerprint density at radius 2 is 1.79 bits per heavy atom. The van der Waals surface area contributed by atoms with Crippen LogP contribution in [0.25, 0.3) is 0 Å². The van der Waals surface area contributed by atoms with Crippen LogP contribution in [0.4, 0.5) is 13.2 Å². The average molecular weight is 341 g/mol. The topological polar surface area (TPSA) is 87.3 Å². The maximum Gasteiger partial charge on any atom is 0.422 e. The van der Waals surface area contributed by atoms with Crippen molar-refractivity contribution >= 4 is 5.97 Å². The number of para-hydroxylation sites is 1. The van der Waals surface area contributed by atoms with Crippen molar-refractivity contribution in [1.29, 1.82) is 0 Å². The number of nitrogens with two attached hydrogens (primary N) is 1. The molecule has 0 aliphatic rings. The molecule has 0 aliphatic heterocycles. The molecule has 0 spiro atoms. The van der Waals surface area contributed by atoms with Gasteiger partial charge in [0.05, 0.1) is 0 Å². The highest BCUT2D eigenvalue weighted by atomic mass is 19.4. The summed E-state index contributed by atoms with van der Waals surface area (Å²) in [5, 5.41) is 0. The van der Waals surface area contributed by atoms with Crippen molar-refractivity contribution in [2.75, 3.05) is 6.61 Å². The zero-order valence-corrected chi connectivity index (χ0v) is 12.4. The van der Waals surface area contributed by atoms with Gasteiger partial charge in [-0.15, -0.1) is 0 Å². The molecule has 1 atom stereocenters. The fourth-order valence-electron chi connectivity index (χ4n) is 1.69. The fraction of sp³-hybridized carbons (Fsp3) is 0.267. The van der Waals surface area contributed by atoms with Gasteiger partial charge in [-0.3, -0.25) is 4.79 Å². The summed E-state index contributed by atoms with van der Waals surface area (Å²) in [5.41, 5.74) is 5.98. The van der Waals surface area contributed by atoms with Crippen molar-refractivity contribution < 1.29 is 27.4 Å². The molecule has 0 bridgehead atoms. The largest absolute Gasteiger partial charge is 0.455 e. The Balaban J connectivity index is 1.88. The van der Waals surface area contributed by atoms with E-state index in [1.807, 2.05) is 6.07 Å². The summed E-state index contributed by atoms with van der Waals surface area (Å²) in [6, 6.07) is 7.71. The maximum absolute atomic E-state index is 12.0. The van der Waals surface area contributed by atoms with Crippen LogP contribution in [0.3, 0.4) is 0 Å². The van der Waals surface area contributed by atoms with Gasteiger partial charge in [0, 0.05) is 18.8 Å². The molecule has 0 amide bonds. The van der Waals surface area contributed by atoms with Crippen LogP contribution in [-0.2, 0) is 16.0 Å². The number of benzene rings is 1. The first-order valence-corrected chi connectivity index (χ1v) is 6.86. The van der Waals surface area contributed by atoms with E-state index < -0.39 is 24.8 Å². The monoisotopic (exact) mass is 341 g/mol. The Morgan fingerprint density at radius 1 is 1.17 bits per heavy atom. The molecule has 1 aromatic heterocycles. The van der Waals surface area contributed by atoms with E-state index in [1.165, 1.54) is 12.4 Å². The normalized spacial score (nSPS) is 12.5. The molecular formula is C15H14F3N3O3. The van der Waals surface area contributed by atoms with Crippen molar-refractivity contribution in [1.82, 2.24) is 9.97 Å². The molecule has 0 aliphatic carbocycles. The highest BCUT2D eigenvalue weighted by Crippen LogP contribution is 2.17. The van der Waals surface area contributed by atoms with Crippen molar-refractivity contribution in [3.63, 3.8) is 0 Å². The molecule has 0 unspecified atom stereocenters. The lowest BCUT2D eigenvalue weighted by Gasteiger charge is -2.12. The molecule has 1 aromatic carbocycles. The number of hydrogen-bond donors (Lipinski definition) is 1. The fourth-order valence-corrected chi connectivity index (χ4v) is 1.69. The highest BCUT2D eigenvalue weighted by Gasteiger charge is 2.30. The number of alkyl halides is 3. The van der Waals surface area contributed by atoms with E-state index in [4.69, 9.17) is 10.5 Å². The Labute approximate surface area is 135 Å². The Hall–Kier alpha value is -2.68.